The van der Waals surface area contributed by atoms with Crippen molar-refractivity contribution in [1.82, 2.24) is 14.5 Å². The molecular formula is C19H25N3O3S. The third-order valence-corrected chi connectivity index (χ3v) is 4.91. The molecule has 0 saturated carbocycles. The van der Waals surface area contributed by atoms with E-state index >= 15 is 0 Å². The predicted octanol–water partition coefficient (Wildman–Crippen LogP) is 3.45. The molecule has 6 nitrogen and oxygen atoms in total. The van der Waals surface area contributed by atoms with E-state index in [0.717, 1.165) is 24.2 Å². The van der Waals surface area contributed by atoms with Crippen LogP contribution in [0.1, 0.15) is 44.9 Å². The fourth-order valence-electron chi connectivity index (χ4n) is 3.07. The van der Waals surface area contributed by atoms with Crippen LogP contribution in [-0.4, -0.2) is 38.9 Å². The fourth-order valence-corrected chi connectivity index (χ4v) is 3.64. The van der Waals surface area contributed by atoms with Crippen molar-refractivity contribution < 1.29 is 9.53 Å². The molecule has 1 aromatic rings. The Balaban J connectivity index is 1.97. The molecule has 7 heteroatoms. The van der Waals surface area contributed by atoms with Gasteiger partial charge in [-0.3, -0.25) is 9.36 Å². The Labute approximate surface area is 157 Å². The van der Waals surface area contributed by atoms with Gasteiger partial charge in [-0.2, -0.15) is 0 Å². The highest BCUT2D eigenvalue weighted by Crippen LogP contribution is 2.24. The molecule has 0 fully saturated rings. The molecule has 1 aromatic heterocycles. The van der Waals surface area contributed by atoms with E-state index in [4.69, 9.17) is 9.72 Å². The first-order valence-electron chi connectivity index (χ1n) is 8.84. The molecule has 0 bridgehead atoms. The first-order valence-corrected chi connectivity index (χ1v) is 10.1. The van der Waals surface area contributed by atoms with Gasteiger partial charge in [0.05, 0.1) is 17.8 Å². The summed E-state index contributed by atoms with van der Waals surface area (Å²) in [7, 11) is 0. The molecule has 1 amide bonds. The first kappa shape index (κ1) is 18.8. The second-order valence-electron chi connectivity index (χ2n) is 7.42. The molecular weight excluding hydrogens is 350 g/mol. The van der Waals surface area contributed by atoms with Crippen LogP contribution in [0.2, 0.25) is 0 Å². The average molecular weight is 375 g/mol. The van der Waals surface area contributed by atoms with Gasteiger partial charge in [-0.15, -0.1) is 0 Å². The van der Waals surface area contributed by atoms with E-state index < -0.39 is 5.60 Å². The maximum Gasteiger partial charge on any atom is 0.410 e. The SMILES string of the molecule is CSc1nc2c(c(=O)n1C1=CCCC=C1)CN(C(=O)OC(C)(C)C)CC2. The molecule has 0 saturated heterocycles. The van der Waals surface area contributed by atoms with Crippen molar-refractivity contribution in [3.63, 3.8) is 0 Å². The molecule has 140 valence electrons. The summed E-state index contributed by atoms with van der Waals surface area (Å²) in [4.78, 5) is 31.9. The van der Waals surface area contributed by atoms with Crippen LogP contribution >= 0.6 is 11.8 Å². The smallest absolute Gasteiger partial charge is 0.410 e. The summed E-state index contributed by atoms with van der Waals surface area (Å²) in [6.45, 7) is 6.26. The van der Waals surface area contributed by atoms with Crippen LogP contribution in [0.3, 0.4) is 0 Å². The molecule has 0 atom stereocenters. The number of fused-ring (bicyclic) bond motifs is 1. The molecule has 2 aliphatic rings. The number of carbonyl (C=O) groups is 1. The zero-order chi connectivity index (χ0) is 18.9. The van der Waals surface area contributed by atoms with Crippen LogP contribution in [0.4, 0.5) is 4.79 Å². The van der Waals surface area contributed by atoms with Crippen LogP contribution in [0, 0.1) is 0 Å². The quantitative estimate of drug-likeness (QED) is 0.585. The Kier molecular flexibility index (Phi) is 5.27. The van der Waals surface area contributed by atoms with Gasteiger partial charge in [-0.1, -0.05) is 23.9 Å². The predicted molar refractivity (Wildman–Crippen MR) is 103 cm³/mol. The van der Waals surface area contributed by atoms with Gasteiger partial charge in [0.25, 0.3) is 5.56 Å². The normalized spacial score (nSPS) is 16.9. The number of rotatable bonds is 2. The van der Waals surface area contributed by atoms with Crippen molar-refractivity contribution in [3.8, 4) is 0 Å². The summed E-state index contributed by atoms with van der Waals surface area (Å²) >= 11 is 1.46. The molecule has 1 aliphatic heterocycles. The molecule has 0 aromatic carbocycles. The maximum atomic E-state index is 13.2. The van der Waals surface area contributed by atoms with E-state index in [0.29, 0.717) is 23.7 Å². The highest BCUT2D eigenvalue weighted by molar-refractivity contribution is 7.98. The molecule has 0 spiro atoms. The van der Waals surface area contributed by atoms with Crippen LogP contribution in [0.25, 0.3) is 5.70 Å². The number of aromatic nitrogens is 2. The Morgan fingerprint density at radius 2 is 2.08 bits per heavy atom. The number of hydrogen-bond donors (Lipinski definition) is 0. The summed E-state index contributed by atoms with van der Waals surface area (Å²) in [5.74, 6) is 0. The van der Waals surface area contributed by atoms with Crippen LogP contribution in [-0.2, 0) is 17.7 Å². The Hall–Kier alpha value is -2.02. The lowest BCUT2D eigenvalue weighted by molar-refractivity contribution is 0.0221. The minimum atomic E-state index is -0.559. The lowest BCUT2D eigenvalue weighted by Gasteiger charge is -2.31. The Bertz CT molecular complexity index is 834. The van der Waals surface area contributed by atoms with Gasteiger partial charge in [0.15, 0.2) is 5.16 Å². The number of thioether (sulfide) groups is 1. The summed E-state index contributed by atoms with van der Waals surface area (Å²) in [6.07, 6.45) is 10.1. The molecule has 3 rings (SSSR count). The van der Waals surface area contributed by atoms with Crippen molar-refractivity contribution in [2.45, 2.75) is 57.3 Å². The average Bonchev–Trinajstić information content (AvgIpc) is 2.60. The van der Waals surface area contributed by atoms with Gasteiger partial charge < -0.3 is 9.64 Å². The van der Waals surface area contributed by atoms with Crippen LogP contribution < -0.4 is 5.56 Å². The van der Waals surface area contributed by atoms with Gasteiger partial charge in [-0.05, 0) is 45.9 Å². The topological polar surface area (TPSA) is 64.4 Å². The zero-order valence-electron chi connectivity index (χ0n) is 15.7. The third kappa shape index (κ3) is 3.87. The summed E-state index contributed by atoms with van der Waals surface area (Å²) in [5.41, 5.74) is 1.58. The number of amides is 1. The lowest BCUT2D eigenvalue weighted by atomic mass is 10.1. The minimum Gasteiger partial charge on any atom is -0.444 e. The van der Waals surface area contributed by atoms with Crippen molar-refractivity contribution >= 4 is 23.6 Å². The monoisotopic (exact) mass is 375 g/mol. The second kappa shape index (κ2) is 7.31. The fraction of sp³-hybridized carbons (Fsp3) is 0.526. The number of ether oxygens (including phenoxy) is 1. The highest BCUT2D eigenvalue weighted by atomic mass is 32.2. The van der Waals surface area contributed by atoms with Crippen LogP contribution in [0.5, 0.6) is 0 Å². The molecule has 0 N–H and O–H groups in total. The van der Waals surface area contributed by atoms with Crippen molar-refractivity contribution in [2.75, 3.05) is 12.8 Å². The van der Waals surface area contributed by atoms with Gasteiger partial charge in [0, 0.05) is 18.7 Å². The van der Waals surface area contributed by atoms with Gasteiger partial charge in [0.1, 0.15) is 5.60 Å². The second-order valence-corrected chi connectivity index (χ2v) is 8.20. The van der Waals surface area contributed by atoms with E-state index in [2.05, 4.69) is 12.2 Å². The molecule has 0 radical (unpaired) electrons. The van der Waals surface area contributed by atoms with Crippen LogP contribution in [0.15, 0.2) is 28.2 Å². The molecule has 26 heavy (non-hydrogen) atoms. The van der Waals surface area contributed by atoms with Gasteiger partial charge >= 0.3 is 6.09 Å². The number of carbonyl (C=O) groups excluding carboxylic acids is 1. The van der Waals surface area contributed by atoms with Crippen molar-refractivity contribution in [2.24, 2.45) is 0 Å². The van der Waals surface area contributed by atoms with E-state index in [1.165, 1.54) is 11.8 Å². The van der Waals surface area contributed by atoms with Gasteiger partial charge in [0.2, 0.25) is 0 Å². The summed E-state index contributed by atoms with van der Waals surface area (Å²) < 4.78 is 7.12. The zero-order valence-corrected chi connectivity index (χ0v) is 16.6. The third-order valence-electron chi connectivity index (χ3n) is 4.27. The number of allylic oxidation sites excluding steroid dienone is 4. The Morgan fingerprint density at radius 3 is 2.69 bits per heavy atom. The largest absolute Gasteiger partial charge is 0.444 e. The molecule has 0 unspecified atom stereocenters. The van der Waals surface area contributed by atoms with Crippen molar-refractivity contribution in [3.05, 3.63) is 39.8 Å². The lowest BCUT2D eigenvalue weighted by Crippen LogP contribution is -2.43. The standard InChI is InChI=1S/C19H25N3O3S/c1-19(2,3)25-18(24)21-11-10-15-14(12-21)16(23)22(17(20-15)26-4)13-8-6-5-7-9-13/h6,8-9H,5,7,10-12H2,1-4H3. The Morgan fingerprint density at radius 1 is 1.31 bits per heavy atom. The number of hydrogen-bond acceptors (Lipinski definition) is 5. The summed E-state index contributed by atoms with van der Waals surface area (Å²) in [5, 5.41) is 0.692. The molecule has 2 heterocycles. The van der Waals surface area contributed by atoms with Crippen molar-refractivity contribution in [1.29, 1.82) is 0 Å². The summed E-state index contributed by atoms with van der Waals surface area (Å²) in [6, 6.07) is 0. The number of nitrogens with zero attached hydrogens (tertiary/aromatic N) is 3. The van der Waals surface area contributed by atoms with E-state index in [1.807, 2.05) is 33.1 Å². The van der Waals surface area contributed by atoms with E-state index in [1.54, 1.807) is 9.47 Å². The minimum absolute atomic E-state index is 0.0922. The van der Waals surface area contributed by atoms with E-state index in [-0.39, 0.29) is 18.2 Å². The highest BCUT2D eigenvalue weighted by Gasteiger charge is 2.29. The maximum absolute atomic E-state index is 13.2. The molecule has 1 aliphatic carbocycles. The first-order chi connectivity index (χ1) is 12.3. The van der Waals surface area contributed by atoms with E-state index in [9.17, 15) is 9.59 Å². The van der Waals surface area contributed by atoms with Gasteiger partial charge in [-0.25, -0.2) is 9.78 Å².